The van der Waals surface area contributed by atoms with Crippen LogP contribution in [-0.4, -0.2) is 29.4 Å². The molecule has 0 heterocycles. The summed E-state index contributed by atoms with van der Waals surface area (Å²) in [6.07, 6.45) is 20.3. The molecule has 33 heavy (non-hydrogen) atoms. The molecule has 0 aromatic carbocycles. The highest BCUT2D eigenvalue weighted by atomic mass is 16.5. The Kier molecular flexibility index (Phi) is 22.8. The van der Waals surface area contributed by atoms with Crippen molar-refractivity contribution in [2.45, 2.75) is 149 Å². The van der Waals surface area contributed by atoms with Gasteiger partial charge in [-0.05, 0) is 38.0 Å². The van der Waals surface area contributed by atoms with Crippen molar-refractivity contribution in [3.05, 3.63) is 0 Å². The minimum absolute atomic E-state index is 0.0611. The molecule has 194 valence electrons. The predicted octanol–water partition coefficient (Wildman–Crippen LogP) is 8.03. The number of rotatable bonds is 25. The van der Waals surface area contributed by atoms with Gasteiger partial charge >= 0.3 is 11.9 Å². The number of carbonyl (C=O) groups excluding carboxylic acids is 2. The topological polar surface area (TPSA) is 80.7 Å². The maximum absolute atomic E-state index is 11.9. The summed E-state index contributed by atoms with van der Waals surface area (Å²) in [4.78, 5) is 34.3. The fraction of sp³-hybridized carbons (Fsp3) is 0.893. The van der Waals surface area contributed by atoms with E-state index in [0.717, 1.165) is 70.6 Å². The van der Waals surface area contributed by atoms with Crippen molar-refractivity contribution < 1.29 is 24.2 Å². The first-order chi connectivity index (χ1) is 16.0. The SMILES string of the molecule is CCCCCCC(CC)CCOC(=O)CCCCCCCC(=O)CCCCCCCC(=O)O. The maximum Gasteiger partial charge on any atom is 0.305 e. The standard InChI is InChI=1S/C28H52O5/c1-3-5-6-13-18-25(4-2)23-24-33-28(32)22-17-12-8-10-15-20-26(29)19-14-9-7-11-16-21-27(30)31/h25H,3-24H2,1-2H3,(H,30,31). The van der Waals surface area contributed by atoms with Crippen molar-refractivity contribution in [1.82, 2.24) is 0 Å². The van der Waals surface area contributed by atoms with Gasteiger partial charge < -0.3 is 9.84 Å². The molecule has 0 spiro atoms. The number of carbonyl (C=O) groups is 3. The quantitative estimate of drug-likeness (QED) is 0.108. The molecule has 0 rings (SSSR count). The molecule has 0 aromatic heterocycles. The van der Waals surface area contributed by atoms with Crippen molar-refractivity contribution in [3.8, 4) is 0 Å². The molecule has 0 aliphatic heterocycles. The van der Waals surface area contributed by atoms with Gasteiger partial charge in [0.15, 0.2) is 0 Å². The van der Waals surface area contributed by atoms with Crippen LogP contribution in [-0.2, 0) is 19.1 Å². The summed E-state index contributed by atoms with van der Waals surface area (Å²) < 4.78 is 5.43. The van der Waals surface area contributed by atoms with Crippen molar-refractivity contribution in [2.24, 2.45) is 5.92 Å². The summed E-state index contributed by atoms with van der Waals surface area (Å²) in [6, 6.07) is 0. The fourth-order valence-electron chi connectivity index (χ4n) is 4.20. The largest absolute Gasteiger partial charge is 0.481 e. The Hall–Kier alpha value is -1.39. The van der Waals surface area contributed by atoms with Gasteiger partial charge in [-0.3, -0.25) is 14.4 Å². The summed E-state index contributed by atoms with van der Waals surface area (Å²) in [5.41, 5.74) is 0. The monoisotopic (exact) mass is 468 g/mol. The van der Waals surface area contributed by atoms with Gasteiger partial charge in [0.1, 0.15) is 5.78 Å². The van der Waals surface area contributed by atoms with Gasteiger partial charge in [-0.1, -0.05) is 90.9 Å². The minimum atomic E-state index is -0.728. The number of ether oxygens (including phenoxy) is 1. The zero-order valence-corrected chi connectivity index (χ0v) is 21.7. The number of hydrogen-bond acceptors (Lipinski definition) is 4. The first kappa shape index (κ1) is 31.6. The lowest BCUT2D eigenvalue weighted by Crippen LogP contribution is -2.10. The average Bonchev–Trinajstić information content (AvgIpc) is 2.79. The van der Waals surface area contributed by atoms with Crippen LogP contribution in [0, 0.1) is 5.92 Å². The molecular weight excluding hydrogens is 416 g/mol. The summed E-state index contributed by atoms with van der Waals surface area (Å²) >= 11 is 0. The fourth-order valence-corrected chi connectivity index (χ4v) is 4.20. The molecule has 5 nitrogen and oxygen atoms in total. The van der Waals surface area contributed by atoms with Gasteiger partial charge in [0.25, 0.3) is 0 Å². The van der Waals surface area contributed by atoms with E-state index in [-0.39, 0.29) is 12.4 Å². The number of unbranched alkanes of at least 4 members (excludes halogenated alkanes) is 11. The van der Waals surface area contributed by atoms with Crippen LogP contribution >= 0.6 is 0 Å². The van der Waals surface area contributed by atoms with Gasteiger partial charge in [-0.2, -0.15) is 0 Å². The lowest BCUT2D eigenvalue weighted by Gasteiger charge is -2.14. The van der Waals surface area contributed by atoms with Crippen LogP contribution in [0.5, 0.6) is 0 Å². The first-order valence-corrected chi connectivity index (χ1v) is 13.9. The highest BCUT2D eigenvalue weighted by molar-refractivity contribution is 5.78. The van der Waals surface area contributed by atoms with Gasteiger partial charge in [0.2, 0.25) is 0 Å². The molecule has 0 saturated heterocycles. The van der Waals surface area contributed by atoms with Crippen molar-refractivity contribution in [3.63, 3.8) is 0 Å². The second-order valence-electron chi connectivity index (χ2n) is 9.60. The zero-order valence-electron chi connectivity index (χ0n) is 21.7. The van der Waals surface area contributed by atoms with Gasteiger partial charge in [0, 0.05) is 25.7 Å². The Labute approximate surface area is 203 Å². The third-order valence-electron chi connectivity index (χ3n) is 6.52. The van der Waals surface area contributed by atoms with Crippen LogP contribution in [0.1, 0.15) is 149 Å². The second-order valence-corrected chi connectivity index (χ2v) is 9.60. The van der Waals surface area contributed by atoms with E-state index in [4.69, 9.17) is 9.84 Å². The molecule has 0 fully saturated rings. The van der Waals surface area contributed by atoms with Crippen LogP contribution in [0.3, 0.4) is 0 Å². The maximum atomic E-state index is 11.9. The smallest absolute Gasteiger partial charge is 0.305 e. The Morgan fingerprint density at radius 3 is 1.70 bits per heavy atom. The Balaban J connectivity index is 3.46. The summed E-state index contributed by atoms with van der Waals surface area (Å²) in [6.45, 7) is 5.03. The summed E-state index contributed by atoms with van der Waals surface area (Å²) in [5, 5.41) is 8.59. The Bertz CT molecular complexity index is 489. The minimum Gasteiger partial charge on any atom is -0.481 e. The number of aliphatic carboxylic acids is 1. The van der Waals surface area contributed by atoms with Crippen LogP contribution < -0.4 is 0 Å². The number of ketones is 1. The second kappa shape index (κ2) is 23.8. The van der Waals surface area contributed by atoms with E-state index in [9.17, 15) is 14.4 Å². The molecule has 5 heteroatoms. The summed E-state index contributed by atoms with van der Waals surface area (Å²) in [5.74, 6) is 0.240. The van der Waals surface area contributed by atoms with Crippen LogP contribution in [0.25, 0.3) is 0 Å². The van der Waals surface area contributed by atoms with Crippen LogP contribution in [0.15, 0.2) is 0 Å². The lowest BCUT2D eigenvalue weighted by molar-refractivity contribution is -0.144. The Morgan fingerprint density at radius 2 is 1.15 bits per heavy atom. The van der Waals surface area contributed by atoms with E-state index in [2.05, 4.69) is 13.8 Å². The highest BCUT2D eigenvalue weighted by Crippen LogP contribution is 2.18. The molecule has 0 amide bonds. The number of esters is 1. The van der Waals surface area contributed by atoms with Gasteiger partial charge in [-0.25, -0.2) is 0 Å². The van der Waals surface area contributed by atoms with E-state index in [1.54, 1.807) is 0 Å². The number of carboxylic acid groups (broad SMARTS) is 1. The predicted molar refractivity (Wildman–Crippen MR) is 135 cm³/mol. The van der Waals surface area contributed by atoms with Crippen molar-refractivity contribution >= 4 is 17.7 Å². The Morgan fingerprint density at radius 1 is 0.636 bits per heavy atom. The molecule has 0 aliphatic carbocycles. The highest BCUT2D eigenvalue weighted by Gasteiger charge is 2.09. The van der Waals surface area contributed by atoms with E-state index < -0.39 is 5.97 Å². The molecule has 0 aromatic rings. The van der Waals surface area contributed by atoms with Crippen molar-refractivity contribution in [1.29, 1.82) is 0 Å². The van der Waals surface area contributed by atoms with Crippen LogP contribution in [0.2, 0.25) is 0 Å². The molecule has 0 bridgehead atoms. The molecule has 0 aliphatic rings. The normalized spacial score (nSPS) is 11.9. The third-order valence-corrected chi connectivity index (χ3v) is 6.52. The molecule has 1 N–H and O–H groups in total. The molecule has 0 radical (unpaired) electrons. The van der Waals surface area contributed by atoms with Gasteiger partial charge in [0.05, 0.1) is 6.61 Å². The van der Waals surface area contributed by atoms with E-state index in [1.165, 1.54) is 38.5 Å². The average molecular weight is 469 g/mol. The van der Waals surface area contributed by atoms with Crippen LogP contribution in [0.4, 0.5) is 0 Å². The van der Waals surface area contributed by atoms with E-state index >= 15 is 0 Å². The van der Waals surface area contributed by atoms with E-state index in [0.29, 0.717) is 37.6 Å². The number of Topliss-reactive ketones (excluding diaryl/α,β-unsaturated/α-hetero) is 1. The molecular formula is C28H52O5. The molecule has 0 saturated carbocycles. The summed E-state index contributed by atoms with van der Waals surface area (Å²) in [7, 11) is 0. The first-order valence-electron chi connectivity index (χ1n) is 13.9. The molecule has 1 atom stereocenters. The number of carboxylic acids is 1. The zero-order chi connectivity index (χ0) is 24.6. The van der Waals surface area contributed by atoms with Crippen molar-refractivity contribution in [2.75, 3.05) is 6.61 Å². The lowest BCUT2D eigenvalue weighted by atomic mass is 9.95. The van der Waals surface area contributed by atoms with Gasteiger partial charge in [-0.15, -0.1) is 0 Å². The number of hydrogen-bond donors (Lipinski definition) is 1. The molecule has 1 unspecified atom stereocenters. The van der Waals surface area contributed by atoms with E-state index in [1.807, 2.05) is 0 Å². The third kappa shape index (κ3) is 23.6.